The predicted molar refractivity (Wildman–Crippen MR) is 76.6 cm³/mol. The van der Waals surface area contributed by atoms with Crippen molar-refractivity contribution < 1.29 is 22.7 Å². The van der Waals surface area contributed by atoms with E-state index in [2.05, 4.69) is 20.8 Å². The van der Waals surface area contributed by atoms with Crippen LogP contribution in [0.1, 0.15) is 37.7 Å². The monoisotopic (exact) mass is 313 g/mol. The fourth-order valence-electron chi connectivity index (χ4n) is 2.25. The summed E-state index contributed by atoms with van der Waals surface area (Å²) in [6.45, 7) is 6.92. The number of furan rings is 1. The molecule has 0 fully saturated rings. The van der Waals surface area contributed by atoms with Crippen molar-refractivity contribution in [3.8, 4) is 0 Å². The summed E-state index contributed by atoms with van der Waals surface area (Å²) in [4.78, 5) is 10.8. The Labute approximate surface area is 124 Å². The lowest BCUT2D eigenvalue weighted by Gasteiger charge is -2.31. The van der Waals surface area contributed by atoms with Crippen LogP contribution in [0.4, 0.5) is 0 Å². The minimum Gasteiger partial charge on any atom is -0.475 e. The van der Waals surface area contributed by atoms with Crippen molar-refractivity contribution in [3.63, 3.8) is 0 Å². The fourth-order valence-corrected chi connectivity index (χ4v) is 3.54. The molecule has 0 atom stereocenters. The highest BCUT2D eigenvalue weighted by Gasteiger charge is 2.31. The number of carboxylic acid groups (broad SMARTS) is 1. The molecule has 2 rings (SSSR count). The lowest BCUT2D eigenvalue weighted by atomic mass is 9.83. The molecule has 0 unspecified atom stereocenters. The van der Waals surface area contributed by atoms with Crippen LogP contribution in [0, 0.1) is 5.41 Å². The second-order valence-corrected chi connectivity index (χ2v) is 7.89. The lowest BCUT2D eigenvalue weighted by Crippen LogP contribution is -2.36. The zero-order chi connectivity index (χ0) is 15.8. The quantitative estimate of drug-likeness (QED) is 0.865. The smallest absolute Gasteiger partial charge is 0.371 e. The highest BCUT2D eigenvalue weighted by Crippen LogP contribution is 2.31. The molecule has 1 aromatic heterocycles. The molecule has 0 bridgehead atoms. The van der Waals surface area contributed by atoms with Gasteiger partial charge in [0, 0.05) is 13.1 Å². The molecule has 2 heterocycles. The number of hydrogen-bond acceptors (Lipinski definition) is 4. The molecule has 116 valence electrons. The van der Waals surface area contributed by atoms with Crippen LogP contribution in [0.15, 0.2) is 33.3 Å². The predicted octanol–water partition coefficient (Wildman–Crippen LogP) is 2.34. The van der Waals surface area contributed by atoms with Crippen LogP contribution in [0.2, 0.25) is 0 Å². The van der Waals surface area contributed by atoms with Crippen LogP contribution in [0.5, 0.6) is 0 Å². The van der Waals surface area contributed by atoms with Gasteiger partial charge in [0.15, 0.2) is 0 Å². The van der Waals surface area contributed by atoms with Gasteiger partial charge in [0.05, 0.1) is 0 Å². The molecule has 0 spiro atoms. The highest BCUT2D eigenvalue weighted by atomic mass is 32.2. The summed E-state index contributed by atoms with van der Waals surface area (Å²) in [6, 6.07) is 2.33. The van der Waals surface area contributed by atoms with Gasteiger partial charge in [-0.25, -0.2) is 13.2 Å². The zero-order valence-corrected chi connectivity index (χ0v) is 13.1. The fraction of sp³-hybridized carbons (Fsp3) is 0.500. The van der Waals surface area contributed by atoms with Crippen LogP contribution >= 0.6 is 0 Å². The molecule has 0 saturated heterocycles. The van der Waals surface area contributed by atoms with Crippen LogP contribution in [0.25, 0.3) is 0 Å². The molecule has 7 heteroatoms. The number of nitrogens with zero attached hydrogens (tertiary/aromatic N) is 1. The first-order valence-corrected chi connectivity index (χ1v) is 8.09. The minimum absolute atomic E-state index is 0.0248. The largest absolute Gasteiger partial charge is 0.475 e. The van der Waals surface area contributed by atoms with Crippen LogP contribution in [-0.2, 0) is 10.0 Å². The number of carbonyl (C=O) groups is 1. The van der Waals surface area contributed by atoms with E-state index in [1.165, 1.54) is 15.9 Å². The Bertz CT molecular complexity index is 678. The number of rotatable bonds is 3. The molecule has 0 aromatic carbocycles. The second kappa shape index (κ2) is 5.31. The van der Waals surface area contributed by atoms with Gasteiger partial charge in [-0.2, -0.15) is 4.31 Å². The van der Waals surface area contributed by atoms with Crippen LogP contribution < -0.4 is 0 Å². The van der Waals surface area contributed by atoms with Gasteiger partial charge >= 0.3 is 5.97 Å². The normalized spacial score (nSPS) is 17.6. The third kappa shape index (κ3) is 3.19. The number of carboxylic acids is 1. The molecule has 1 N–H and O–H groups in total. The summed E-state index contributed by atoms with van der Waals surface area (Å²) >= 11 is 0. The molecular weight excluding hydrogens is 294 g/mol. The Kier molecular flexibility index (Phi) is 3.99. The van der Waals surface area contributed by atoms with Gasteiger partial charge in [0.1, 0.15) is 0 Å². The highest BCUT2D eigenvalue weighted by molar-refractivity contribution is 7.89. The molecule has 6 nitrogen and oxygen atoms in total. The Morgan fingerprint density at radius 2 is 2.00 bits per heavy atom. The summed E-state index contributed by atoms with van der Waals surface area (Å²) in [6.07, 6.45) is 2.58. The van der Waals surface area contributed by atoms with Gasteiger partial charge in [-0.1, -0.05) is 32.4 Å². The molecule has 0 saturated carbocycles. The Balaban J connectivity index is 2.22. The van der Waals surface area contributed by atoms with E-state index in [1.54, 1.807) is 0 Å². The van der Waals surface area contributed by atoms with E-state index in [0.717, 1.165) is 6.07 Å². The van der Waals surface area contributed by atoms with E-state index in [0.29, 0.717) is 13.0 Å². The summed E-state index contributed by atoms with van der Waals surface area (Å²) < 4.78 is 31.0. The molecule has 21 heavy (non-hydrogen) atoms. The number of sulfonamides is 1. The molecule has 1 aliphatic heterocycles. The van der Waals surface area contributed by atoms with Crippen molar-refractivity contribution in [1.82, 2.24) is 4.31 Å². The maximum Gasteiger partial charge on any atom is 0.371 e. The van der Waals surface area contributed by atoms with Gasteiger partial charge in [-0.05, 0) is 24.0 Å². The minimum atomic E-state index is -3.78. The first-order chi connectivity index (χ1) is 9.62. The maximum atomic E-state index is 12.4. The van der Waals surface area contributed by atoms with Crippen molar-refractivity contribution in [1.29, 1.82) is 0 Å². The van der Waals surface area contributed by atoms with Gasteiger partial charge in [0.25, 0.3) is 10.0 Å². The number of aromatic carboxylic acids is 1. The van der Waals surface area contributed by atoms with E-state index < -0.39 is 16.0 Å². The van der Waals surface area contributed by atoms with Crippen molar-refractivity contribution in [3.05, 3.63) is 29.5 Å². The Hall–Kier alpha value is -1.60. The van der Waals surface area contributed by atoms with E-state index in [-0.39, 0.29) is 22.8 Å². The number of hydrogen-bond donors (Lipinski definition) is 1. The van der Waals surface area contributed by atoms with Crippen molar-refractivity contribution in [2.24, 2.45) is 5.41 Å². The third-order valence-electron chi connectivity index (χ3n) is 3.52. The van der Waals surface area contributed by atoms with E-state index in [1.807, 2.05) is 6.08 Å². The van der Waals surface area contributed by atoms with Gasteiger partial charge in [0.2, 0.25) is 10.9 Å². The summed E-state index contributed by atoms with van der Waals surface area (Å²) in [5, 5.41) is 8.46. The van der Waals surface area contributed by atoms with E-state index in [4.69, 9.17) is 9.52 Å². The topological polar surface area (TPSA) is 87.8 Å². The average molecular weight is 313 g/mol. The zero-order valence-electron chi connectivity index (χ0n) is 12.3. The summed E-state index contributed by atoms with van der Waals surface area (Å²) in [5.41, 5.74) is 1.25. The van der Waals surface area contributed by atoms with Crippen LogP contribution in [-0.4, -0.2) is 36.9 Å². The standard InChI is InChI=1S/C14H19NO5S/c1-14(2,3)10-6-8-15(9-7-10)21(18,19)12-5-4-11(20-12)13(16)17/h4-6H,7-9H2,1-3H3,(H,16,17). The van der Waals surface area contributed by atoms with Crippen molar-refractivity contribution in [2.75, 3.05) is 13.1 Å². The van der Waals surface area contributed by atoms with E-state index >= 15 is 0 Å². The first kappa shape index (κ1) is 15.8. The second-order valence-electron chi connectivity index (χ2n) is 6.02. The van der Waals surface area contributed by atoms with Gasteiger partial charge < -0.3 is 9.52 Å². The molecule has 1 aliphatic rings. The summed E-state index contributed by atoms with van der Waals surface area (Å²) in [5.74, 6) is -1.67. The lowest BCUT2D eigenvalue weighted by molar-refractivity contribution is 0.0656. The first-order valence-electron chi connectivity index (χ1n) is 6.65. The molecule has 0 amide bonds. The maximum absolute atomic E-state index is 12.4. The summed E-state index contributed by atoms with van der Waals surface area (Å²) in [7, 11) is -3.78. The van der Waals surface area contributed by atoms with Gasteiger partial charge in [-0.15, -0.1) is 0 Å². The third-order valence-corrected chi connectivity index (χ3v) is 5.26. The molecule has 0 aliphatic carbocycles. The molecular formula is C14H19NO5S. The van der Waals surface area contributed by atoms with Gasteiger partial charge in [-0.3, -0.25) is 0 Å². The Morgan fingerprint density at radius 3 is 2.43 bits per heavy atom. The molecule has 0 radical (unpaired) electrons. The molecule has 1 aromatic rings. The average Bonchev–Trinajstić information content (AvgIpc) is 2.88. The van der Waals surface area contributed by atoms with Crippen molar-refractivity contribution in [2.45, 2.75) is 32.3 Å². The SMILES string of the molecule is CC(C)(C)C1=CCN(S(=O)(=O)c2ccc(C(=O)O)o2)CC1. The van der Waals surface area contributed by atoms with E-state index in [9.17, 15) is 13.2 Å². The van der Waals surface area contributed by atoms with Crippen molar-refractivity contribution >= 4 is 16.0 Å². The Morgan fingerprint density at radius 1 is 1.33 bits per heavy atom. The van der Waals surface area contributed by atoms with Crippen LogP contribution in [0.3, 0.4) is 0 Å².